The zero-order chi connectivity index (χ0) is 29.0. The van der Waals surface area contributed by atoms with Gasteiger partial charge in [0.25, 0.3) is 0 Å². The summed E-state index contributed by atoms with van der Waals surface area (Å²) in [6.45, 7) is 7.85. The third-order valence-corrected chi connectivity index (χ3v) is 7.63. The van der Waals surface area contributed by atoms with Crippen molar-refractivity contribution < 1.29 is 14.3 Å². The first-order valence-corrected chi connectivity index (χ1v) is 13.8. The van der Waals surface area contributed by atoms with Gasteiger partial charge in [0.15, 0.2) is 0 Å². The lowest BCUT2D eigenvalue weighted by Crippen LogP contribution is -2.26. The minimum absolute atomic E-state index is 0.337. The van der Waals surface area contributed by atoms with Gasteiger partial charge in [-0.25, -0.2) is 0 Å². The van der Waals surface area contributed by atoms with Gasteiger partial charge in [0.2, 0.25) is 0 Å². The number of aryl methyl sites for hydroxylation is 2. The Labute approximate surface area is 242 Å². The van der Waals surface area contributed by atoms with E-state index in [9.17, 15) is 4.79 Å². The molecule has 0 spiro atoms. The van der Waals surface area contributed by atoms with Crippen LogP contribution in [0.3, 0.4) is 0 Å². The molecule has 0 amide bonds. The average molecular weight is 542 g/mol. The van der Waals surface area contributed by atoms with Crippen LogP contribution in [0.15, 0.2) is 121 Å². The highest BCUT2D eigenvalue weighted by molar-refractivity contribution is 5.77. The fraction of sp³-hybridized carbons (Fsp3) is 0.162. The van der Waals surface area contributed by atoms with Gasteiger partial charge < -0.3 is 14.4 Å². The zero-order valence-corrected chi connectivity index (χ0v) is 24.2. The quantitative estimate of drug-likeness (QED) is 0.112. The van der Waals surface area contributed by atoms with E-state index in [1.165, 1.54) is 18.1 Å². The Balaban J connectivity index is 1.67. The van der Waals surface area contributed by atoms with Gasteiger partial charge in [0.05, 0.1) is 7.11 Å². The Kier molecular flexibility index (Phi) is 7.93. The van der Waals surface area contributed by atoms with Crippen LogP contribution in [0.4, 0.5) is 17.1 Å². The molecule has 0 N–H and O–H groups in total. The predicted octanol–water partition coefficient (Wildman–Crippen LogP) is 9.06. The van der Waals surface area contributed by atoms with E-state index in [1.54, 1.807) is 7.11 Å². The van der Waals surface area contributed by atoms with Crippen molar-refractivity contribution in [2.24, 2.45) is 0 Å². The highest BCUT2D eigenvalue weighted by Crippen LogP contribution is 2.43. The minimum atomic E-state index is -0.511. The second kappa shape index (κ2) is 11.7. The van der Waals surface area contributed by atoms with Crippen LogP contribution in [-0.2, 0) is 10.2 Å². The SMILES string of the molecule is COc1ccc(C(C)(c2ccc(OC(C)=O)cc2)c2cccc(N(c3ccc(C)cc3)c3ccc(C)cc3)c2)cc1. The number of rotatable bonds is 8. The number of methoxy groups -OCH3 is 1. The molecule has 0 aromatic heterocycles. The molecule has 1 atom stereocenters. The topological polar surface area (TPSA) is 38.8 Å². The van der Waals surface area contributed by atoms with Crippen molar-refractivity contribution in [1.29, 1.82) is 0 Å². The molecule has 0 aliphatic heterocycles. The molecule has 0 bridgehead atoms. The molecule has 0 saturated heterocycles. The number of carbonyl (C=O) groups excluding carboxylic acids is 1. The van der Waals surface area contributed by atoms with E-state index in [0.717, 1.165) is 39.5 Å². The van der Waals surface area contributed by atoms with Gasteiger partial charge in [-0.2, -0.15) is 0 Å². The summed E-state index contributed by atoms with van der Waals surface area (Å²) in [5, 5.41) is 0. The van der Waals surface area contributed by atoms with Gasteiger partial charge in [-0.1, -0.05) is 71.8 Å². The number of ether oxygens (including phenoxy) is 2. The van der Waals surface area contributed by atoms with Crippen molar-refractivity contribution in [2.45, 2.75) is 33.1 Å². The van der Waals surface area contributed by atoms with Crippen molar-refractivity contribution in [3.8, 4) is 11.5 Å². The first kappa shape index (κ1) is 27.7. The Morgan fingerprint density at radius 1 is 0.610 bits per heavy atom. The summed E-state index contributed by atoms with van der Waals surface area (Å²) < 4.78 is 10.8. The fourth-order valence-corrected chi connectivity index (χ4v) is 5.24. The van der Waals surface area contributed by atoms with Crippen LogP contribution in [0.2, 0.25) is 0 Å². The molecule has 4 heteroatoms. The highest BCUT2D eigenvalue weighted by atomic mass is 16.5. The molecule has 0 aliphatic carbocycles. The number of benzene rings is 5. The van der Waals surface area contributed by atoms with Crippen LogP contribution >= 0.6 is 0 Å². The highest BCUT2D eigenvalue weighted by Gasteiger charge is 2.32. The van der Waals surface area contributed by atoms with Crippen molar-refractivity contribution in [2.75, 3.05) is 12.0 Å². The standard InChI is InChI=1S/C37H35NO3/c1-26-9-17-32(18-10-26)38(33-19-11-27(2)12-20-33)34-8-6-7-31(25-34)37(4,29-13-21-35(40-5)22-14-29)30-15-23-36(24-16-30)41-28(3)39/h6-25H,1-5H3. The second-order valence-corrected chi connectivity index (χ2v) is 10.5. The summed E-state index contributed by atoms with van der Waals surface area (Å²) in [5.41, 5.74) is 8.49. The van der Waals surface area contributed by atoms with Gasteiger partial charge in [-0.05, 0) is 98.1 Å². The molecule has 206 valence electrons. The molecular formula is C37H35NO3. The predicted molar refractivity (Wildman–Crippen MR) is 167 cm³/mol. The van der Waals surface area contributed by atoms with Crippen molar-refractivity contribution >= 4 is 23.0 Å². The van der Waals surface area contributed by atoms with E-state index in [-0.39, 0.29) is 5.97 Å². The minimum Gasteiger partial charge on any atom is -0.497 e. The maximum atomic E-state index is 11.5. The smallest absolute Gasteiger partial charge is 0.308 e. The largest absolute Gasteiger partial charge is 0.497 e. The van der Waals surface area contributed by atoms with E-state index in [4.69, 9.17) is 9.47 Å². The second-order valence-electron chi connectivity index (χ2n) is 10.5. The number of anilines is 3. The summed E-state index contributed by atoms with van der Waals surface area (Å²) in [4.78, 5) is 13.8. The first-order valence-electron chi connectivity index (χ1n) is 13.8. The molecular weight excluding hydrogens is 506 g/mol. The van der Waals surface area contributed by atoms with E-state index in [1.807, 2.05) is 36.4 Å². The zero-order valence-electron chi connectivity index (χ0n) is 24.2. The first-order chi connectivity index (χ1) is 19.8. The molecule has 5 aromatic rings. The summed E-state index contributed by atoms with van der Waals surface area (Å²) in [6.07, 6.45) is 0. The number of esters is 1. The third-order valence-electron chi connectivity index (χ3n) is 7.63. The Morgan fingerprint density at radius 2 is 1.10 bits per heavy atom. The molecule has 0 aliphatic rings. The van der Waals surface area contributed by atoms with Crippen molar-refractivity contribution in [3.05, 3.63) is 149 Å². The normalized spacial score (nSPS) is 12.3. The van der Waals surface area contributed by atoms with Crippen LogP contribution in [0, 0.1) is 13.8 Å². The Morgan fingerprint density at radius 3 is 1.56 bits per heavy atom. The summed E-state index contributed by atoms with van der Waals surface area (Å²) >= 11 is 0. The van der Waals surface area contributed by atoms with Gasteiger partial charge in [-0.15, -0.1) is 0 Å². The lowest BCUT2D eigenvalue weighted by atomic mass is 9.71. The van der Waals surface area contributed by atoms with Crippen LogP contribution in [0.25, 0.3) is 0 Å². The number of hydrogen-bond acceptors (Lipinski definition) is 4. The van der Waals surface area contributed by atoms with E-state index in [2.05, 4.69) is 111 Å². The van der Waals surface area contributed by atoms with E-state index in [0.29, 0.717) is 5.75 Å². The fourth-order valence-electron chi connectivity index (χ4n) is 5.24. The summed E-state index contributed by atoms with van der Waals surface area (Å²) in [7, 11) is 1.68. The van der Waals surface area contributed by atoms with Gasteiger partial charge in [-0.3, -0.25) is 4.79 Å². The van der Waals surface area contributed by atoms with Gasteiger partial charge in [0, 0.05) is 29.4 Å². The van der Waals surface area contributed by atoms with E-state index >= 15 is 0 Å². The van der Waals surface area contributed by atoms with Gasteiger partial charge >= 0.3 is 5.97 Å². The molecule has 41 heavy (non-hydrogen) atoms. The third kappa shape index (κ3) is 5.87. The maximum Gasteiger partial charge on any atom is 0.308 e. The van der Waals surface area contributed by atoms with Gasteiger partial charge in [0.1, 0.15) is 11.5 Å². The molecule has 0 saturated carbocycles. The van der Waals surface area contributed by atoms with Crippen molar-refractivity contribution in [1.82, 2.24) is 0 Å². The molecule has 0 heterocycles. The monoisotopic (exact) mass is 541 g/mol. The molecule has 1 unspecified atom stereocenters. The maximum absolute atomic E-state index is 11.5. The number of carbonyl (C=O) groups is 1. The molecule has 5 rings (SSSR count). The molecule has 0 radical (unpaired) electrons. The molecule has 5 aromatic carbocycles. The average Bonchev–Trinajstić information content (AvgIpc) is 2.99. The van der Waals surface area contributed by atoms with Crippen LogP contribution in [0.1, 0.15) is 41.7 Å². The lowest BCUT2D eigenvalue weighted by molar-refractivity contribution is -0.131. The summed E-state index contributed by atoms with van der Waals surface area (Å²) in [6, 6.07) is 42.0. The van der Waals surface area contributed by atoms with E-state index < -0.39 is 5.41 Å². The number of hydrogen-bond donors (Lipinski definition) is 0. The lowest BCUT2D eigenvalue weighted by Gasteiger charge is -2.34. The molecule has 4 nitrogen and oxygen atoms in total. The summed E-state index contributed by atoms with van der Waals surface area (Å²) in [5.74, 6) is 0.993. The Hall–Kier alpha value is -4.83. The van der Waals surface area contributed by atoms with Crippen LogP contribution in [0.5, 0.6) is 11.5 Å². The number of nitrogens with zero attached hydrogens (tertiary/aromatic N) is 1. The van der Waals surface area contributed by atoms with Crippen molar-refractivity contribution in [3.63, 3.8) is 0 Å². The Bertz CT molecular complexity index is 1580. The molecule has 0 fully saturated rings. The van der Waals surface area contributed by atoms with Crippen LogP contribution < -0.4 is 14.4 Å². The van der Waals surface area contributed by atoms with Crippen LogP contribution in [-0.4, -0.2) is 13.1 Å².